The summed E-state index contributed by atoms with van der Waals surface area (Å²) in [5, 5.41) is 14.0. The molecule has 2 aromatic carbocycles. The first-order valence-corrected chi connectivity index (χ1v) is 10.9. The van der Waals surface area contributed by atoms with Crippen molar-refractivity contribution in [3.8, 4) is 0 Å². The average Bonchev–Trinajstić information content (AvgIpc) is 2.80. The number of amides is 1. The van der Waals surface area contributed by atoms with Crippen LogP contribution in [-0.2, 0) is 4.79 Å². The predicted octanol–water partition coefficient (Wildman–Crippen LogP) is 5.11. The van der Waals surface area contributed by atoms with E-state index < -0.39 is 17.8 Å². The van der Waals surface area contributed by atoms with Gasteiger partial charge >= 0.3 is 0 Å². The summed E-state index contributed by atoms with van der Waals surface area (Å²) in [6.07, 6.45) is 2.55. The van der Waals surface area contributed by atoms with Crippen LogP contribution in [0.1, 0.15) is 29.7 Å². The molecule has 4 rings (SSSR count). The number of nitrogen functional groups attached to an aromatic ring is 1. The molecule has 3 aromatic rings. The fraction of sp³-hybridized carbons (Fsp3) is 0.0833. The lowest BCUT2D eigenvalue weighted by Gasteiger charge is -2.27. The molecule has 1 amide bonds. The Morgan fingerprint density at radius 1 is 1.21 bits per heavy atom. The largest absolute Gasteiger partial charge is 0.398 e. The third-order valence-electron chi connectivity index (χ3n) is 5.25. The van der Waals surface area contributed by atoms with Crippen molar-refractivity contribution in [2.75, 3.05) is 11.1 Å². The van der Waals surface area contributed by atoms with E-state index in [1.165, 1.54) is 6.07 Å². The van der Waals surface area contributed by atoms with Crippen molar-refractivity contribution < 1.29 is 9.18 Å². The number of nitrogens with two attached hydrogens (primary N) is 1. The van der Waals surface area contributed by atoms with Crippen LogP contribution in [0.15, 0.2) is 71.0 Å². The van der Waals surface area contributed by atoms with Crippen LogP contribution in [0.5, 0.6) is 0 Å². The number of hydrogen-bond acceptors (Lipinski definition) is 6. The SMILES string of the molecule is CC1=C(C(=O)Nc2cc(C=N)c(N)cc2F)C(c2ccc(Cl)cc2)N=C(c2ccnc(Cl)c2)N1. The Morgan fingerprint density at radius 3 is 2.62 bits per heavy atom. The van der Waals surface area contributed by atoms with E-state index in [-0.39, 0.29) is 16.9 Å². The van der Waals surface area contributed by atoms with Crippen LogP contribution in [0.3, 0.4) is 0 Å². The van der Waals surface area contributed by atoms with Crippen LogP contribution in [0.2, 0.25) is 10.2 Å². The van der Waals surface area contributed by atoms with E-state index in [1.807, 2.05) is 0 Å². The normalized spacial score (nSPS) is 15.4. The van der Waals surface area contributed by atoms with Crippen molar-refractivity contribution in [3.05, 3.63) is 98.7 Å². The Morgan fingerprint density at radius 2 is 1.94 bits per heavy atom. The van der Waals surface area contributed by atoms with Gasteiger partial charge in [0, 0.05) is 39.9 Å². The number of allylic oxidation sites excluding steroid dienone is 1. The van der Waals surface area contributed by atoms with Crippen molar-refractivity contribution >= 4 is 52.5 Å². The molecule has 34 heavy (non-hydrogen) atoms. The Kier molecular flexibility index (Phi) is 6.63. The first-order valence-electron chi connectivity index (χ1n) is 10.1. The number of rotatable bonds is 5. The van der Waals surface area contributed by atoms with Gasteiger partial charge in [-0.3, -0.25) is 9.79 Å². The molecule has 2 heterocycles. The highest BCUT2D eigenvalue weighted by atomic mass is 35.5. The summed E-state index contributed by atoms with van der Waals surface area (Å²) in [6.45, 7) is 1.73. The molecule has 0 fully saturated rings. The molecular weight excluding hydrogens is 478 g/mol. The van der Waals surface area contributed by atoms with Gasteiger partial charge < -0.3 is 21.8 Å². The van der Waals surface area contributed by atoms with Crippen molar-refractivity contribution in [2.45, 2.75) is 13.0 Å². The van der Waals surface area contributed by atoms with E-state index in [0.717, 1.165) is 12.3 Å². The van der Waals surface area contributed by atoms with Crippen molar-refractivity contribution in [2.24, 2.45) is 4.99 Å². The number of aliphatic imine (C=N–C) groups is 1. The second-order valence-corrected chi connectivity index (χ2v) is 8.35. The third-order valence-corrected chi connectivity index (χ3v) is 5.71. The maximum absolute atomic E-state index is 14.5. The van der Waals surface area contributed by atoms with Crippen molar-refractivity contribution in [3.63, 3.8) is 0 Å². The van der Waals surface area contributed by atoms with Crippen molar-refractivity contribution in [1.82, 2.24) is 10.3 Å². The molecule has 1 atom stereocenters. The minimum atomic E-state index is -0.711. The van der Waals surface area contributed by atoms with Crippen LogP contribution >= 0.6 is 23.2 Å². The van der Waals surface area contributed by atoms with E-state index in [4.69, 9.17) is 39.3 Å². The summed E-state index contributed by atoms with van der Waals surface area (Å²) in [7, 11) is 0. The molecule has 172 valence electrons. The third kappa shape index (κ3) is 4.78. The summed E-state index contributed by atoms with van der Waals surface area (Å²) >= 11 is 12.1. The second kappa shape index (κ2) is 9.62. The molecular formula is C24H19Cl2FN6O. The van der Waals surface area contributed by atoms with Crippen LogP contribution in [0, 0.1) is 11.2 Å². The monoisotopic (exact) mass is 496 g/mol. The number of pyridine rings is 1. The molecule has 10 heteroatoms. The fourth-order valence-electron chi connectivity index (χ4n) is 3.57. The minimum absolute atomic E-state index is 0.0939. The van der Waals surface area contributed by atoms with Gasteiger partial charge in [-0.2, -0.15) is 0 Å². The smallest absolute Gasteiger partial charge is 0.255 e. The zero-order valence-electron chi connectivity index (χ0n) is 17.9. The number of carbonyl (C=O) groups excluding carboxylic acids is 1. The number of benzene rings is 2. The summed E-state index contributed by atoms with van der Waals surface area (Å²) in [5.41, 5.74) is 8.24. The van der Waals surface area contributed by atoms with Gasteiger partial charge in [0.05, 0.1) is 11.3 Å². The first kappa shape index (κ1) is 23.4. The average molecular weight is 497 g/mol. The molecule has 0 radical (unpaired) electrons. The Bertz CT molecular complexity index is 1350. The fourth-order valence-corrected chi connectivity index (χ4v) is 3.87. The number of aromatic nitrogens is 1. The Hall–Kier alpha value is -3.75. The van der Waals surface area contributed by atoms with Crippen LogP contribution in [-0.4, -0.2) is 22.9 Å². The number of nitrogens with one attached hydrogen (secondary N) is 3. The lowest BCUT2D eigenvalue weighted by Crippen LogP contribution is -2.34. The molecule has 1 aliphatic heterocycles. The number of hydrogen-bond donors (Lipinski definition) is 4. The molecule has 1 aliphatic rings. The summed E-state index contributed by atoms with van der Waals surface area (Å²) < 4.78 is 14.5. The second-order valence-electron chi connectivity index (χ2n) is 7.52. The van der Waals surface area contributed by atoms with E-state index in [0.29, 0.717) is 38.4 Å². The Labute approximate surface area is 205 Å². The van der Waals surface area contributed by atoms with Crippen LogP contribution in [0.4, 0.5) is 15.8 Å². The molecule has 7 nitrogen and oxygen atoms in total. The maximum atomic E-state index is 14.5. The molecule has 0 saturated carbocycles. The highest BCUT2D eigenvalue weighted by molar-refractivity contribution is 6.30. The number of amidine groups is 1. The lowest BCUT2D eigenvalue weighted by atomic mass is 9.94. The highest BCUT2D eigenvalue weighted by Gasteiger charge is 2.30. The van der Waals surface area contributed by atoms with Gasteiger partial charge in [-0.1, -0.05) is 35.3 Å². The highest BCUT2D eigenvalue weighted by Crippen LogP contribution is 2.33. The van der Waals surface area contributed by atoms with E-state index in [2.05, 4.69) is 15.6 Å². The number of nitrogens with zero attached hydrogens (tertiary/aromatic N) is 2. The number of halogens is 3. The zero-order chi connectivity index (χ0) is 24.4. The summed E-state index contributed by atoms with van der Waals surface area (Å²) in [6, 6.07) is 12.0. The standard InChI is InChI=1S/C24H19Cl2FN6O/c1-12-21(24(34)32-19-8-15(11-28)18(29)10-17(19)27)22(13-2-4-16(25)5-3-13)33-23(31-12)14-6-7-30-20(26)9-14/h2-11,22,28H,29H2,1H3,(H,31,33)(H,32,34). The predicted molar refractivity (Wildman–Crippen MR) is 133 cm³/mol. The minimum Gasteiger partial charge on any atom is -0.398 e. The first-order chi connectivity index (χ1) is 16.3. The van der Waals surface area contributed by atoms with Crippen molar-refractivity contribution in [1.29, 1.82) is 5.41 Å². The number of anilines is 2. The summed E-state index contributed by atoms with van der Waals surface area (Å²) in [4.78, 5) is 22.1. The van der Waals surface area contributed by atoms with E-state index in [9.17, 15) is 9.18 Å². The van der Waals surface area contributed by atoms with Gasteiger partial charge in [0.2, 0.25) is 0 Å². The van der Waals surface area contributed by atoms with Gasteiger partial charge in [0.25, 0.3) is 5.91 Å². The molecule has 0 aliphatic carbocycles. The Balaban J connectivity index is 1.75. The van der Waals surface area contributed by atoms with Gasteiger partial charge in [0.15, 0.2) is 0 Å². The molecule has 1 unspecified atom stereocenters. The van der Waals surface area contributed by atoms with E-state index >= 15 is 0 Å². The molecule has 0 bridgehead atoms. The molecule has 5 N–H and O–H groups in total. The topological polar surface area (TPSA) is 116 Å². The molecule has 1 aromatic heterocycles. The summed E-state index contributed by atoms with van der Waals surface area (Å²) in [5.74, 6) is -0.764. The van der Waals surface area contributed by atoms with Gasteiger partial charge in [-0.05, 0) is 48.9 Å². The zero-order valence-corrected chi connectivity index (χ0v) is 19.4. The maximum Gasteiger partial charge on any atom is 0.255 e. The van der Waals surface area contributed by atoms with Crippen LogP contribution in [0.25, 0.3) is 0 Å². The quantitative estimate of drug-likeness (QED) is 0.223. The van der Waals surface area contributed by atoms with E-state index in [1.54, 1.807) is 49.5 Å². The lowest BCUT2D eigenvalue weighted by molar-refractivity contribution is -0.113. The van der Waals surface area contributed by atoms with Gasteiger partial charge in [-0.25, -0.2) is 9.37 Å². The van der Waals surface area contributed by atoms with Crippen LogP contribution < -0.4 is 16.4 Å². The molecule has 0 spiro atoms. The molecule has 0 saturated heterocycles. The van der Waals surface area contributed by atoms with Gasteiger partial charge in [-0.15, -0.1) is 0 Å². The number of carbonyl (C=O) groups is 1. The van der Waals surface area contributed by atoms with Gasteiger partial charge in [0.1, 0.15) is 22.8 Å².